The predicted octanol–water partition coefficient (Wildman–Crippen LogP) is 0.721. The first-order valence-corrected chi connectivity index (χ1v) is 7.60. The smallest absolute Gasteiger partial charge is 0.310 e. The van der Waals surface area contributed by atoms with E-state index in [4.69, 9.17) is 0 Å². The van der Waals surface area contributed by atoms with Crippen LogP contribution in [-0.4, -0.2) is 35.7 Å². The van der Waals surface area contributed by atoms with E-state index in [1.165, 1.54) is 12.3 Å². The fourth-order valence-electron chi connectivity index (χ4n) is 2.42. The van der Waals surface area contributed by atoms with Gasteiger partial charge in [-0.3, -0.25) is 9.89 Å². The molecule has 7 nitrogen and oxygen atoms in total. The Morgan fingerprint density at radius 2 is 2.32 bits per heavy atom. The molecule has 0 saturated heterocycles. The topological polar surface area (TPSA) is 112 Å². The van der Waals surface area contributed by atoms with Crippen molar-refractivity contribution < 1.29 is 18.3 Å². The van der Waals surface area contributed by atoms with Gasteiger partial charge in [-0.2, -0.15) is 5.10 Å². The van der Waals surface area contributed by atoms with Gasteiger partial charge in [0.15, 0.2) is 5.03 Å². The van der Waals surface area contributed by atoms with E-state index in [9.17, 15) is 18.3 Å². The van der Waals surface area contributed by atoms with Crippen molar-refractivity contribution in [1.29, 1.82) is 0 Å². The highest BCUT2D eigenvalue weighted by Crippen LogP contribution is 2.37. The zero-order chi connectivity index (χ0) is 14.1. The summed E-state index contributed by atoms with van der Waals surface area (Å²) in [6, 6.07) is 0.732. The second kappa shape index (κ2) is 4.93. The van der Waals surface area contributed by atoms with Gasteiger partial charge < -0.3 is 5.11 Å². The Hall–Kier alpha value is -1.41. The molecule has 1 aromatic rings. The molecule has 3 N–H and O–H groups in total. The van der Waals surface area contributed by atoms with Crippen LogP contribution in [0.4, 0.5) is 0 Å². The van der Waals surface area contributed by atoms with Crippen LogP contribution >= 0.6 is 0 Å². The number of hydrogen-bond donors (Lipinski definition) is 3. The quantitative estimate of drug-likeness (QED) is 0.755. The lowest BCUT2D eigenvalue weighted by Crippen LogP contribution is -2.52. The van der Waals surface area contributed by atoms with Gasteiger partial charge in [0.1, 0.15) is 0 Å². The van der Waals surface area contributed by atoms with E-state index in [1.54, 1.807) is 6.92 Å². The maximum Gasteiger partial charge on any atom is 0.310 e. The van der Waals surface area contributed by atoms with E-state index < -0.39 is 27.4 Å². The zero-order valence-corrected chi connectivity index (χ0v) is 11.4. The largest absolute Gasteiger partial charge is 0.481 e. The van der Waals surface area contributed by atoms with Crippen molar-refractivity contribution in [2.45, 2.75) is 43.7 Å². The summed E-state index contributed by atoms with van der Waals surface area (Å²) in [7, 11) is -3.75. The lowest BCUT2D eigenvalue weighted by molar-refractivity contribution is -0.151. The van der Waals surface area contributed by atoms with Gasteiger partial charge in [-0.1, -0.05) is 12.8 Å². The predicted molar refractivity (Wildman–Crippen MR) is 66.9 cm³/mol. The maximum atomic E-state index is 12.1. The van der Waals surface area contributed by atoms with Gasteiger partial charge in [0, 0.05) is 6.04 Å². The molecule has 1 aliphatic rings. The van der Waals surface area contributed by atoms with Gasteiger partial charge >= 0.3 is 5.97 Å². The molecule has 2 unspecified atom stereocenters. The van der Waals surface area contributed by atoms with Crippen molar-refractivity contribution in [1.82, 2.24) is 14.9 Å². The summed E-state index contributed by atoms with van der Waals surface area (Å²) in [5, 5.41) is 15.3. The summed E-state index contributed by atoms with van der Waals surface area (Å²) < 4.78 is 26.7. The van der Waals surface area contributed by atoms with Gasteiger partial charge in [0.05, 0.1) is 11.6 Å². The van der Waals surface area contributed by atoms with E-state index in [0.717, 1.165) is 12.8 Å². The molecule has 1 saturated carbocycles. The van der Waals surface area contributed by atoms with Gasteiger partial charge in [-0.15, -0.1) is 0 Å². The second-order valence-corrected chi connectivity index (χ2v) is 6.75. The van der Waals surface area contributed by atoms with Crippen LogP contribution in [0.2, 0.25) is 0 Å². The summed E-state index contributed by atoms with van der Waals surface area (Å²) in [6.45, 7) is 1.59. The van der Waals surface area contributed by atoms with Gasteiger partial charge in [-0.25, -0.2) is 13.1 Å². The van der Waals surface area contributed by atoms with Crippen molar-refractivity contribution in [2.75, 3.05) is 0 Å². The standard InChI is InChI=1S/C11H17N3O4S/c1-11(10(15)16)6-3-2-4-8(11)14-19(17,18)9-5-7-12-13-9/h5,7-8,14H,2-4,6H2,1H3,(H,12,13)(H,15,16). The zero-order valence-electron chi connectivity index (χ0n) is 10.6. The Labute approximate surface area is 111 Å². The fourth-order valence-corrected chi connectivity index (χ4v) is 3.71. The molecule has 1 aromatic heterocycles. The summed E-state index contributed by atoms with van der Waals surface area (Å²) in [4.78, 5) is 11.4. The number of nitrogens with zero attached hydrogens (tertiary/aromatic N) is 1. The van der Waals surface area contributed by atoms with Crippen LogP contribution in [-0.2, 0) is 14.8 Å². The monoisotopic (exact) mass is 287 g/mol. The normalized spacial score (nSPS) is 28.2. The molecule has 0 spiro atoms. The number of carbonyl (C=O) groups is 1. The van der Waals surface area contributed by atoms with Crippen molar-refractivity contribution in [3.8, 4) is 0 Å². The molecular formula is C11H17N3O4S. The molecule has 1 aliphatic carbocycles. The van der Waals surface area contributed by atoms with Crippen LogP contribution in [0.3, 0.4) is 0 Å². The Kier molecular flexibility index (Phi) is 3.64. The summed E-state index contributed by atoms with van der Waals surface area (Å²) in [5.74, 6) is -0.968. The van der Waals surface area contributed by atoms with E-state index in [2.05, 4.69) is 14.9 Å². The third-order valence-corrected chi connectivity index (χ3v) is 5.16. The van der Waals surface area contributed by atoms with Crippen molar-refractivity contribution in [3.63, 3.8) is 0 Å². The van der Waals surface area contributed by atoms with Crippen molar-refractivity contribution in [2.24, 2.45) is 5.41 Å². The first kappa shape index (κ1) is 14.0. The first-order chi connectivity index (χ1) is 8.86. The van der Waals surface area contributed by atoms with E-state index >= 15 is 0 Å². The van der Waals surface area contributed by atoms with E-state index in [1.807, 2.05) is 0 Å². The second-order valence-electron chi connectivity index (χ2n) is 5.06. The molecule has 2 atom stereocenters. The SMILES string of the molecule is CC1(C(=O)O)CCCCC1NS(=O)(=O)c1ccn[nH]1. The average Bonchev–Trinajstić information content (AvgIpc) is 2.86. The van der Waals surface area contributed by atoms with E-state index in [-0.39, 0.29) is 5.03 Å². The minimum absolute atomic E-state index is 0.0502. The van der Waals surface area contributed by atoms with Gasteiger partial charge in [-0.05, 0) is 25.8 Å². The summed E-state index contributed by atoms with van der Waals surface area (Å²) >= 11 is 0. The Morgan fingerprint density at radius 1 is 1.58 bits per heavy atom. The molecule has 8 heteroatoms. The fraction of sp³-hybridized carbons (Fsp3) is 0.636. The van der Waals surface area contributed by atoms with Crippen LogP contribution in [0.1, 0.15) is 32.6 Å². The molecular weight excluding hydrogens is 270 g/mol. The lowest BCUT2D eigenvalue weighted by atomic mass is 9.72. The molecule has 1 fully saturated rings. The highest BCUT2D eigenvalue weighted by atomic mass is 32.2. The third-order valence-electron chi connectivity index (χ3n) is 3.76. The number of rotatable bonds is 4. The van der Waals surface area contributed by atoms with Gasteiger partial charge in [0.25, 0.3) is 10.0 Å². The number of nitrogens with one attached hydrogen (secondary N) is 2. The first-order valence-electron chi connectivity index (χ1n) is 6.11. The van der Waals surface area contributed by atoms with Crippen LogP contribution in [0.25, 0.3) is 0 Å². The number of carboxylic acid groups (broad SMARTS) is 1. The Balaban J connectivity index is 2.24. The molecule has 19 heavy (non-hydrogen) atoms. The minimum Gasteiger partial charge on any atom is -0.481 e. The number of hydrogen-bond acceptors (Lipinski definition) is 4. The number of H-pyrrole nitrogens is 1. The minimum atomic E-state index is -3.75. The molecule has 1 heterocycles. The van der Waals surface area contributed by atoms with Crippen LogP contribution in [0, 0.1) is 5.41 Å². The highest BCUT2D eigenvalue weighted by Gasteiger charge is 2.45. The highest BCUT2D eigenvalue weighted by molar-refractivity contribution is 7.89. The van der Waals surface area contributed by atoms with Crippen molar-refractivity contribution >= 4 is 16.0 Å². The van der Waals surface area contributed by atoms with Crippen LogP contribution < -0.4 is 4.72 Å². The molecule has 106 valence electrons. The number of aromatic nitrogens is 2. The molecule has 0 radical (unpaired) electrons. The molecule has 0 aromatic carbocycles. The summed E-state index contributed by atoms with van der Waals surface area (Å²) in [6.07, 6.45) is 3.95. The van der Waals surface area contributed by atoms with Gasteiger partial charge in [0.2, 0.25) is 0 Å². The molecule has 2 rings (SSSR count). The number of aliphatic carboxylic acids is 1. The maximum absolute atomic E-state index is 12.1. The Bertz CT molecular complexity index is 555. The molecule has 0 amide bonds. The number of carboxylic acids is 1. The molecule has 0 bridgehead atoms. The number of sulfonamides is 1. The van der Waals surface area contributed by atoms with Crippen molar-refractivity contribution in [3.05, 3.63) is 12.3 Å². The summed E-state index contributed by atoms with van der Waals surface area (Å²) in [5.41, 5.74) is -1.06. The number of aromatic amines is 1. The van der Waals surface area contributed by atoms with E-state index in [0.29, 0.717) is 12.8 Å². The lowest BCUT2D eigenvalue weighted by Gasteiger charge is -2.37. The van der Waals surface area contributed by atoms with Crippen LogP contribution in [0.5, 0.6) is 0 Å². The molecule has 0 aliphatic heterocycles. The van der Waals surface area contributed by atoms with Crippen LogP contribution in [0.15, 0.2) is 17.3 Å². The third kappa shape index (κ3) is 2.64. The Morgan fingerprint density at radius 3 is 2.89 bits per heavy atom. The average molecular weight is 287 g/mol.